The summed E-state index contributed by atoms with van der Waals surface area (Å²) in [6, 6.07) is 0. The van der Waals surface area contributed by atoms with E-state index < -0.39 is 38.4 Å². The molecule has 3 N–H and O–H groups in total. The summed E-state index contributed by atoms with van der Waals surface area (Å²) in [4.78, 5) is 44.1. The van der Waals surface area contributed by atoms with Crippen LogP contribution in [-0.2, 0) is 23.4 Å². The third-order valence-electron chi connectivity index (χ3n) is 8.60. The number of esters is 1. The lowest BCUT2D eigenvalue weighted by atomic mass is 10.0. The average molecular weight is 725 g/mol. The van der Waals surface area contributed by atoms with Gasteiger partial charge in [0, 0.05) is 12.8 Å². The molecule has 0 aromatic heterocycles. The number of ketones is 1. The Kier molecular flexibility index (Phi) is 34.3. The molecular weight excluding hydrogens is 651 g/mol. The molecule has 0 aromatic carbocycles. The quantitative estimate of drug-likeness (QED) is 0.0252. The minimum absolute atomic E-state index is 0.0308. The molecule has 0 bridgehead atoms. The second kappa shape index (κ2) is 35.6. The summed E-state index contributed by atoms with van der Waals surface area (Å²) in [6.07, 6.45) is 40.5. The van der Waals surface area contributed by atoms with Gasteiger partial charge < -0.3 is 19.6 Å². The third-order valence-corrected chi connectivity index (χ3v) is 9.11. The molecule has 0 saturated carbocycles. The van der Waals surface area contributed by atoms with Crippen molar-refractivity contribution in [3.8, 4) is 0 Å². The van der Waals surface area contributed by atoms with E-state index in [1.54, 1.807) is 0 Å². The van der Waals surface area contributed by atoms with E-state index in [1.165, 1.54) is 89.9 Å². The fourth-order valence-corrected chi connectivity index (χ4v) is 6.19. The van der Waals surface area contributed by atoms with Crippen LogP contribution in [0.3, 0.4) is 0 Å². The Balaban J connectivity index is 4.25. The van der Waals surface area contributed by atoms with Crippen molar-refractivity contribution in [1.29, 1.82) is 0 Å². The first-order chi connectivity index (χ1) is 24.2. The van der Waals surface area contributed by atoms with Crippen LogP contribution in [0.2, 0.25) is 0 Å². The number of carbonyl (C=O) groups is 2. The molecule has 1 unspecified atom stereocenters. The van der Waals surface area contributed by atoms with Crippen molar-refractivity contribution >= 4 is 19.6 Å². The van der Waals surface area contributed by atoms with Gasteiger partial charge in [-0.3, -0.25) is 14.1 Å². The minimum Gasteiger partial charge on any atom is -0.457 e. The van der Waals surface area contributed by atoms with Crippen LogP contribution < -0.4 is 0 Å². The molecule has 8 nitrogen and oxygen atoms in total. The van der Waals surface area contributed by atoms with Crippen LogP contribution in [0.1, 0.15) is 181 Å². The van der Waals surface area contributed by atoms with Gasteiger partial charge in [0.15, 0.2) is 18.0 Å². The maximum Gasteiger partial charge on any atom is 0.470 e. The van der Waals surface area contributed by atoms with Gasteiger partial charge in [-0.2, -0.15) is 0 Å². The van der Waals surface area contributed by atoms with Gasteiger partial charge in [-0.25, -0.2) is 4.57 Å². The summed E-state index contributed by atoms with van der Waals surface area (Å²) in [5.41, 5.74) is 0. The Morgan fingerprint density at radius 1 is 0.560 bits per heavy atom. The van der Waals surface area contributed by atoms with E-state index in [0.717, 1.165) is 44.9 Å². The molecule has 50 heavy (non-hydrogen) atoms. The Hall–Kier alpha value is -1.83. The molecule has 0 aliphatic rings. The van der Waals surface area contributed by atoms with Crippen LogP contribution in [0.25, 0.3) is 0 Å². The Morgan fingerprint density at radius 3 is 1.40 bits per heavy atom. The van der Waals surface area contributed by atoms with E-state index >= 15 is 0 Å². The zero-order chi connectivity index (χ0) is 37.0. The first kappa shape index (κ1) is 48.2. The van der Waals surface area contributed by atoms with E-state index in [0.29, 0.717) is 19.3 Å². The first-order valence-corrected chi connectivity index (χ1v) is 21.4. The largest absolute Gasteiger partial charge is 0.470 e. The second-order valence-corrected chi connectivity index (χ2v) is 14.6. The van der Waals surface area contributed by atoms with Crippen molar-refractivity contribution in [3.63, 3.8) is 0 Å². The number of hydrogen-bond acceptors (Lipinski definition) is 6. The zero-order valence-electron chi connectivity index (χ0n) is 31.7. The van der Waals surface area contributed by atoms with Crippen LogP contribution in [0, 0.1) is 0 Å². The van der Waals surface area contributed by atoms with Crippen molar-refractivity contribution in [3.05, 3.63) is 48.6 Å². The van der Waals surface area contributed by atoms with E-state index in [9.17, 15) is 29.0 Å². The number of phosphoric ester groups is 1. The van der Waals surface area contributed by atoms with E-state index in [2.05, 4.69) is 50.3 Å². The van der Waals surface area contributed by atoms with Crippen molar-refractivity contribution in [2.45, 2.75) is 193 Å². The van der Waals surface area contributed by atoms with Crippen molar-refractivity contribution < 1.29 is 38.3 Å². The highest BCUT2D eigenvalue weighted by Gasteiger charge is 2.36. The number of aliphatic hydroxyl groups excluding tert-OH is 1. The van der Waals surface area contributed by atoms with Gasteiger partial charge in [0.1, 0.15) is 0 Å². The molecule has 9 heteroatoms. The number of allylic oxidation sites excluding steroid dienone is 8. The highest BCUT2D eigenvalue weighted by molar-refractivity contribution is 7.46. The van der Waals surface area contributed by atoms with Crippen LogP contribution in [-0.4, -0.2) is 45.5 Å². The lowest BCUT2D eigenvalue weighted by Crippen LogP contribution is -2.41. The highest BCUT2D eigenvalue weighted by Crippen LogP contribution is 2.39. The monoisotopic (exact) mass is 725 g/mol. The molecule has 0 radical (unpaired) electrons. The molecule has 2 atom stereocenters. The lowest BCUT2D eigenvalue weighted by molar-refractivity contribution is -0.160. The molecule has 0 fully saturated rings. The fraction of sp³-hybridized carbons (Fsp3) is 0.756. The summed E-state index contributed by atoms with van der Waals surface area (Å²) in [5, 5.41) is 9.83. The molecule has 0 amide bonds. The smallest absolute Gasteiger partial charge is 0.457 e. The molecular formula is C41H73O8P. The SMILES string of the molecule is CCCCC/C=C\C/C=C\C/C=C\C/C=C\CCCC(=O)O[C@@H](CO)C(OP(=O)(O)O)C(=O)CCCCCCCCCCCCCCCCC. The number of unbranched alkanes of at least 4 members (excludes halogenated alkanes) is 18. The van der Waals surface area contributed by atoms with Crippen LogP contribution in [0.15, 0.2) is 48.6 Å². The Bertz CT molecular complexity index is 968. The number of phosphoric acid groups is 1. The molecule has 0 heterocycles. The molecule has 0 saturated heterocycles. The summed E-state index contributed by atoms with van der Waals surface area (Å²) < 4.78 is 21.6. The van der Waals surface area contributed by atoms with Crippen LogP contribution in [0.4, 0.5) is 0 Å². The van der Waals surface area contributed by atoms with Crippen molar-refractivity contribution in [2.75, 3.05) is 6.61 Å². The topological polar surface area (TPSA) is 130 Å². The van der Waals surface area contributed by atoms with Crippen molar-refractivity contribution in [2.24, 2.45) is 0 Å². The molecule has 0 aliphatic heterocycles. The van der Waals surface area contributed by atoms with Gasteiger partial charge in [-0.15, -0.1) is 0 Å². The molecule has 0 aliphatic carbocycles. The number of aliphatic hydroxyl groups is 1. The Labute approximate surface area is 305 Å². The van der Waals surface area contributed by atoms with Gasteiger partial charge in [0.25, 0.3) is 0 Å². The van der Waals surface area contributed by atoms with Gasteiger partial charge in [0.2, 0.25) is 0 Å². The summed E-state index contributed by atoms with van der Waals surface area (Å²) >= 11 is 0. The summed E-state index contributed by atoms with van der Waals surface area (Å²) in [6.45, 7) is 3.68. The van der Waals surface area contributed by atoms with E-state index in [-0.39, 0.29) is 12.8 Å². The highest BCUT2D eigenvalue weighted by atomic mass is 31.2. The van der Waals surface area contributed by atoms with Crippen LogP contribution >= 0.6 is 7.82 Å². The molecule has 290 valence electrons. The number of hydrogen-bond donors (Lipinski definition) is 3. The Morgan fingerprint density at radius 2 is 0.960 bits per heavy atom. The predicted octanol–water partition coefficient (Wildman–Crippen LogP) is 11.3. The summed E-state index contributed by atoms with van der Waals surface area (Å²) in [5.74, 6) is -1.24. The number of ether oxygens (including phenoxy) is 1. The zero-order valence-corrected chi connectivity index (χ0v) is 32.6. The van der Waals surface area contributed by atoms with Gasteiger partial charge in [-0.05, 0) is 51.4 Å². The lowest BCUT2D eigenvalue weighted by Gasteiger charge is -2.25. The molecule has 0 aromatic rings. The first-order valence-electron chi connectivity index (χ1n) is 19.9. The standard InChI is InChI=1S/C41H73O8P/c1-3-5-7-9-11-13-15-17-19-20-22-24-26-28-30-32-34-36-40(44)48-39(37-42)41(49-50(45,46)47)38(43)35-33-31-29-27-25-23-21-18-16-14-12-10-8-6-4-2/h11,13,17,19,22,24,28,30,39,41-42H,3-10,12,14-16,18,20-21,23,25-27,29,31-37H2,1-2H3,(H2,45,46,47)/b13-11-,19-17-,24-22-,30-28-/t39-,41?/m0/s1. The van der Waals surface area contributed by atoms with Crippen LogP contribution in [0.5, 0.6) is 0 Å². The number of carbonyl (C=O) groups excluding carboxylic acids is 2. The maximum absolute atomic E-state index is 12.9. The maximum atomic E-state index is 12.9. The number of Topliss-reactive ketones (excluding diaryl/α,β-unsaturated/α-hetero) is 1. The van der Waals surface area contributed by atoms with Gasteiger partial charge in [-0.1, -0.05) is 165 Å². The van der Waals surface area contributed by atoms with Gasteiger partial charge in [0.05, 0.1) is 6.61 Å². The summed E-state index contributed by atoms with van der Waals surface area (Å²) in [7, 11) is -5.06. The molecule has 0 spiro atoms. The van der Waals surface area contributed by atoms with Crippen molar-refractivity contribution in [1.82, 2.24) is 0 Å². The third kappa shape index (κ3) is 33.3. The van der Waals surface area contributed by atoms with E-state index in [1.807, 2.05) is 12.2 Å². The van der Waals surface area contributed by atoms with Gasteiger partial charge >= 0.3 is 13.8 Å². The molecule has 0 rings (SSSR count). The average Bonchev–Trinajstić information content (AvgIpc) is 3.08. The fourth-order valence-electron chi connectivity index (χ4n) is 5.64. The normalized spacial score (nSPS) is 13.7. The number of rotatable bonds is 36. The predicted molar refractivity (Wildman–Crippen MR) is 207 cm³/mol. The van der Waals surface area contributed by atoms with E-state index in [4.69, 9.17) is 9.26 Å². The minimum atomic E-state index is -5.06. The second-order valence-electron chi connectivity index (χ2n) is 13.4.